The molecule has 0 unspecified atom stereocenters. The lowest BCUT2D eigenvalue weighted by molar-refractivity contribution is 0.0703. The number of benzene rings is 3. The van der Waals surface area contributed by atoms with Crippen molar-refractivity contribution < 1.29 is 14.7 Å². The first-order valence-corrected chi connectivity index (χ1v) is 10.7. The van der Waals surface area contributed by atoms with Gasteiger partial charge >= 0.3 is 5.97 Å². The standard InChI is InChI=1S/C26H21NO3S/c1-18-10-8-9-15-21(18)25(28)27(17-19-11-4-2-5-12-19)22-16-23(31-24(22)26(29)30)20-13-6-3-7-14-20/h2-16H,17H2,1H3,(H,29,30). The molecule has 0 aliphatic carbocycles. The molecule has 0 fully saturated rings. The Bertz CT molecular complexity index is 1220. The van der Waals surface area contributed by atoms with Crippen molar-refractivity contribution >= 4 is 28.9 Å². The third-order valence-corrected chi connectivity index (χ3v) is 6.22. The number of rotatable bonds is 6. The number of nitrogens with zero attached hydrogens (tertiary/aromatic N) is 1. The second-order valence-electron chi connectivity index (χ2n) is 7.19. The fourth-order valence-electron chi connectivity index (χ4n) is 3.47. The van der Waals surface area contributed by atoms with Gasteiger partial charge in [0.25, 0.3) is 5.91 Å². The Morgan fingerprint density at radius 3 is 2.13 bits per heavy atom. The van der Waals surface area contributed by atoms with Crippen molar-refractivity contribution in [3.05, 3.63) is 113 Å². The SMILES string of the molecule is Cc1ccccc1C(=O)N(Cc1ccccc1)c1cc(-c2ccccc2)sc1C(=O)O. The lowest BCUT2D eigenvalue weighted by Crippen LogP contribution is -2.31. The zero-order valence-corrected chi connectivity index (χ0v) is 17.8. The van der Waals surface area contributed by atoms with E-state index >= 15 is 0 Å². The summed E-state index contributed by atoms with van der Waals surface area (Å²) in [5.41, 5.74) is 3.66. The first-order valence-electron chi connectivity index (χ1n) is 9.88. The molecule has 4 aromatic rings. The predicted octanol–water partition coefficient (Wildman–Crippen LogP) is 6.27. The van der Waals surface area contributed by atoms with Crippen LogP contribution in [0.1, 0.15) is 31.2 Å². The van der Waals surface area contributed by atoms with E-state index in [1.54, 1.807) is 11.0 Å². The summed E-state index contributed by atoms with van der Waals surface area (Å²) in [5.74, 6) is -1.26. The molecule has 0 saturated carbocycles. The van der Waals surface area contributed by atoms with E-state index in [1.807, 2.05) is 91.9 Å². The topological polar surface area (TPSA) is 57.6 Å². The van der Waals surface area contributed by atoms with Crippen LogP contribution in [0.15, 0.2) is 91.0 Å². The van der Waals surface area contributed by atoms with Gasteiger partial charge in [-0.25, -0.2) is 4.79 Å². The summed E-state index contributed by atoms with van der Waals surface area (Å²) in [7, 11) is 0. The van der Waals surface area contributed by atoms with Gasteiger partial charge in [0.15, 0.2) is 0 Å². The molecule has 0 saturated heterocycles. The highest BCUT2D eigenvalue weighted by molar-refractivity contribution is 7.18. The quantitative estimate of drug-likeness (QED) is 0.395. The van der Waals surface area contributed by atoms with Crippen molar-refractivity contribution in [2.75, 3.05) is 4.90 Å². The average molecular weight is 428 g/mol. The van der Waals surface area contributed by atoms with Crippen molar-refractivity contribution in [2.45, 2.75) is 13.5 Å². The third kappa shape index (κ3) is 4.42. The number of aromatic carboxylic acids is 1. The van der Waals surface area contributed by atoms with Gasteiger partial charge in [-0.2, -0.15) is 0 Å². The number of hydrogen-bond donors (Lipinski definition) is 1. The van der Waals surface area contributed by atoms with Crippen LogP contribution in [-0.2, 0) is 6.54 Å². The van der Waals surface area contributed by atoms with E-state index in [2.05, 4.69) is 0 Å². The van der Waals surface area contributed by atoms with Crippen molar-refractivity contribution in [2.24, 2.45) is 0 Å². The van der Waals surface area contributed by atoms with Gasteiger partial charge in [-0.1, -0.05) is 78.9 Å². The number of carbonyl (C=O) groups is 2. The van der Waals surface area contributed by atoms with Crippen molar-refractivity contribution in [3.8, 4) is 10.4 Å². The van der Waals surface area contributed by atoms with Gasteiger partial charge in [-0.3, -0.25) is 4.79 Å². The number of anilines is 1. The molecule has 1 N–H and O–H groups in total. The number of thiophene rings is 1. The Kier molecular flexibility index (Phi) is 5.96. The maximum absolute atomic E-state index is 13.6. The molecule has 0 radical (unpaired) electrons. The van der Waals surface area contributed by atoms with Crippen LogP contribution in [0.4, 0.5) is 5.69 Å². The van der Waals surface area contributed by atoms with Crippen LogP contribution in [0, 0.1) is 6.92 Å². The Hall–Kier alpha value is -3.70. The van der Waals surface area contributed by atoms with Crippen LogP contribution < -0.4 is 4.90 Å². The van der Waals surface area contributed by atoms with Crippen LogP contribution in [0.2, 0.25) is 0 Å². The highest BCUT2D eigenvalue weighted by Crippen LogP contribution is 2.38. The summed E-state index contributed by atoms with van der Waals surface area (Å²) < 4.78 is 0. The molecule has 3 aromatic carbocycles. The summed E-state index contributed by atoms with van der Waals surface area (Å²) in [5, 5.41) is 9.92. The molecule has 5 heteroatoms. The molecule has 0 aliphatic heterocycles. The first-order chi connectivity index (χ1) is 15.0. The van der Waals surface area contributed by atoms with Gasteiger partial charge < -0.3 is 10.0 Å². The van der Waals surface area contributed by atoms with Gasteiger partial charge in [-0.05, 0) is 35.7 Å². The Labute approximate surface area is 185 Å². The molecular formula is C26H21NO3S. The van der Waals surface area contributed by atoms with E-state index in [-0.39, 0.29) is 17.3 Å². The first kappa shape index (κ1) is 20.6. The molecule has 1 heterocycles. The van der Waals surface area contributed by atoms with Gasteiger partial charge in [-0.15, -0.1) is 11.3 Å². The van der Waals surface area contributed by atoms with Crippen LogP contribution in [0.5, 0.6) is 0 Å². The molecule has 4 rings (SSSR count). The van der Waals surface area contributed by atoms with Crippen molar-refractivity contribution in [3.63, 3.8) is 0 Å². The highest BCUT2D eigenvalue weighted by atomic mass is 32.1. The maximum Gasteiger partial charge on any atom is 0.348 e. The number of aryl methyl sites for hydroxylation is 1. The predicted molar refractivity (Wildman–Crippen MR) is 125 cm³/mol. The van der Waals surface area contributed by atoms with E-state index in [0.29, 0.717) is 11.3 Å². The molecule has 0 bridgehead atoms. The molecule has 4 nitrogen and oxygen atoms in total. The summed E-state index contributed by atoms with van der Waals surface area (Å²) in [6, 6.07) is 28.4. The molecule has 0 aliphatic rings. The van der Waals surface area contributed by atoms with Gasteiger partial charge in [0, 0.05) is 10.4 Å². The maximum atomic E-state index is 13.6. The number of carboxylic acids is 1. The monoisotopic (exact) mass is 427 g/mol. The normalized spacial score (nSPS) is 10.6. The largest absolute Gasteiger partial charge is 0.477 e. The van der Waals surface area contributed by atoms with Crippen molar-refractivity contribution in [1.82, 2.24) is 0 Å². The molecular weight excluding hydrogens is 406 g/mol. The lowest BCUT2D eigenvalue weighted by Gasteiger charge is -2.23. The summed E-state index contributed by atoms with van der Waals surface area (Å²) in [4.78, 5) is 28.3. The fraction of sp³-hybridized carbons (Fsp3) is 0.0769. The lowest BCUT2D eigenvalue weighted by atomic mass is 10.1. The summed E-state index contributed by atoms with van der Waals surface area (Å²) in [6.07, 6.45) is 0. The minimum atomic E-state index is -1.04. The van der Waals surface area contributed by atoms with Gasteiger partial charge in [0.1, 0.15) is 4.88 Å². The molecule has 1 aromatic heterocycles. The highest BCUT2D eigenvalue weighted by Gasteiger charge is 2.27. The molecule has 0 spiro atoms. The zero-order chi connectivity index (χ0) is 21.8. The van der Waals surface area contributed by atoms with Crippen LogP contribution in [0.25, 0.3) is 10.4 Å². The van der Waals surface area contributed by atoms with Gasteiger partial charge in [0.05, 0.1) is 12.2 Å². The van der Waals surface area contributed by atoms with E-state index < -0.39 is 5.97 Å². The molecule has 0 atom stereocenters. The second-order valence-corrected chi connectivity index (χ2v) is 8.24. The molecule has 1 amide bonds. The number of amides is 1. The van der Waals surface area contributed by atoms with E-state index in [0.717, 1.165) is 21.6 Å². The van der Waals surface area contributed by atoms with Gasteiger partial charge in [0.2, 0.25) is 0 Å². The number of hydrogen-bond acceptors (Lipinski definition) is 3. The van der Waals surface area contributed by atoms with E-state index in [1.165, 1.54) is 11.3 Å². The summed E-state index contributed by atoms with van der Waals surface area (Å²) >= 11 is 1.18. The van der Waals surface area contributed by atoms with Crippen LogP contribution in [0.3, 0.4) is 0 Å². The minimum absolute atomic E-state index is 0.150. The van der Waals surface area contributed by atoms with Crippen molar-refractivity contribution in [1.29, 1.82) is 0 Å². The fourth-order valence-corrected chi connectivity index (χ4v) is 4.48. The number of carboxylic acid groups (broad SMARTS) is 1. The van der Waals surface area contributed by atoms with E-state index in [4.69, 9.17) is 0 Å². The van der Waals surface area contributed by atoms with Crippen LogP contribution in [-0.4, -0.2) is 17.0 Å². The Morgan fingerprint density at radius 1 is 0.871 bits per heavy atom. The Balaban J connectivity index is 1.85. The van der Waals surface area contributed by atoms with E-state index in [9.17, 15) is 14.7 Å². The zero-order valence-electron chi connectivity index (χ0n) is 17.0. The third-order valence-electron chi connectivity index (χ3n) is 5.06. The molecule has 154 valence electrons. The average Bonchev–Trinajstić information content (AvgIpc) is 3.24. The second kappa shape index (κ2) is 8.98. The van der Waals surface area contributed by atoms with Crippen LogP contribution >= 0.6 is 11.3 Å². The Morgan fingerprint density at radius 2 is 1.48 bits per heavy atom. The minimum Gasteiger partial charge on any atom is -0.477 e. The smallest absolute Gasteiger partial charge is 0.348 e. The number of carbonyl (C=O) groups excluding carboxylic acids is 1. The summed E-state index contributed by atoms with van der Waals surface area (Å²) in [6.45, 7) is 2.16. The molecule has 31 heavy (non-hydrogen) atoms.